The number of methoxy groups -OCH3 is 1. The van der Waals surface area contributed by atoms with Gasteiger partial charge >= 0.3 is 0 Å². The van der Waals surface area contributed by atoms with E-state index in [0.29, 0.717) is 6.54 Å². The first-order valence-corrected chi connectivity index (χ1v) is 10.1. The molecule has 0 spiro atoms. The third-order valence-electron chi connectivity index (χ3n) is 5.41. The van der Waals surface area contributed by atoms with Crippen LogP contribution < -0.4 is 15.0 Å². The van der Waals surface area contributed by atoms with Crippen molar-refractivity contribution in [3.63, 3.8) is 0 Å². The normalized spacial score (nSPS) is 17.0. The number of fused-ring (bicyclic) bond motifs is 1. The van der Waals surface area contributed by atoms with Crippen molar-refractivity contribution in [2.45, 2.75) is 32.9 Å². The zero-order valence-corrected chi connectivity index (χ0v) is 16.8. The summed E-state index contributed by atoms with van der Waals surface area (Å²) in [6, 6.07) is 8.29. The summed E-state index contributed by atoms with van der Waals surface area (Å²) in [5, 5.41) is 12.0. The van der Waals surface area contributed by atoms with E-state index in [1.165, 1.54) is 5.69 Å². The largest absolute Gasteiger partial charge is 0.497 e. The number of rotatable bonds is 5. The van der Waals surface area contributed by atoms with Gasteiger partial charge in [-0.1, -0.05) is 0 Å². The first-order chi connectivity index (χ1) is 13.8. The number of hydrogen-bond acceptors (Lipinski definition) is 5. The van der Waals surface area contributed by atoms with Crippen LogP contribution in [0.25, 0.3) is 0 Å². The predicted molar refractivity (Wildman–Crippen MR) is 110 cm³/mol. The second-order valence-corrected chi connectivity index (χ2v) is 7.13. The maximum absolute atomic E-state index is 5.26. The van der Waals surface area contributed by atoms with Gasteiger partial charge in [-0.2, -0.15) is 0 Å². The van der Waals surface area contributed by atoms with E-state index in [-0.39, 0.29) is 0 Å². The van der Waals surface area contributed by atoms with Crippen LogP contribution >= 0.6 is 0 Å². The third-order valence-corrected chi connectivity index (χ3v) is 5.41. The van der Waals surface area contributed by atoms with Gasteiger partial charge < -0.3 is 24.4 Å². The predicted octanol–water partition coefficient (Wildman–Crippen LogP) is 1.52. The topological polar surface area (TPSA) is 70.8 Å². The molecule has 0 saturated carbocycles. The highest BCUT2D eigenvalue weighted by Gasteiger charge is 2.21. The fourth-order valence-electron chi connectivity index (χ4n) is 3.87. The number of hydrogen-bond donors (Lipinski definition) is 1. The van der Waals surface area contributed by atoms with E-state index in [1.807, 2.05) is 12.1 Å². The van der Waals surface area contributed by atoms with Gasteiger partial charge in [0.2, 0.25) is 0 Å². The molecule has 3 heterocycles. The van der Waals surface area contributed by atoms with Crippen LogP contribution in [-0.4, -0.2) is 65.5 Å². The van der Waals surface area contributed by atoms with Gasteiger partial charge in [0.1, 0.15) is 18.1 Å². The van der Waals surface area contributed by atoms with Crippen molar-refractivity contribution in [3.05, 3.63) is 35.9 Å². The van der Waals surface area contributed by atoms with Crippen LogP contribution in [-0.2, 0) is 19.5 Å². The van der Waals surface area contributed by atoms with E-state index in [9.17, 15) is 0 Å². The zero-order chi connectivity index (χ0) is 19.3. The Bertz CT molecular complexity index is 806. The van der Waals surface area contributed by atoms with Crippen LogP contribution in [0.3, 0.4) is 0 Å². The van der Waals surface area contributed by atoms with Gasteiger partial charge in [0.05, 0.1) is 7.11 Å². The Morgan fingerprint density at radius 3 is 2.61 bits per heavy atom. The summed E-state index contributed by atoms with van der Waals surface area (Å²) in [5.74, 6) is 3.93. The summed E-state index contributed by atoms with van der Waals surface area (Å²) >= 11 is 0. The molecule has 1 aromatic heterocycles. The van der Waals surface area contributed by atoms with Crippen LogP contribution in [0, 0.1) is 0 Å². The Morgan fingerprint density at radius 2 is 1.89 bits per heavy atom. The first-order valence-electron chi connectivity index (χ1n) is 10.1. The Morgan fingerprint density at radius 1 is 1.11 bits per heavy atom. The molecule has 0 aliphatic carbocycles. The Hall–Kier alpha value is -2.77. The molecular weight excluding hydrogens is 354 g/mol. The average Bonchev–Trinajstić information content (AvgIpc) is 3.36. The number of nitrogens with one attached hydrogen (secondary N) is 1. The van der Waals surface area contributed by atoms with Gasteiger partial charge in [-0.3, -0.25) is 0 Å². The van der Waals surface area contributed by atoms with Crippen molar-refractivity contribution in [3.8, 4) is 5.75 Å². The highest BCUT2D eigenvalue weighted by molar-refractivity contribution is 5.80. The van der Waals surface area contributed by atoms with Crippen LogP contribution in [0.5, 0.6) is 5.75 Å². The zero-order valence-electron chi connectivity index (χ0n) is 16.8. The molecule has 1 aromatic carbocycles. The maximum Gasteiger partial charge on any atom is 0.194 e. The third kappa shape index (κ3) is 3.90. The smallest absolute Gasteiger partial charge is 0.194 e. The van der Waals surface area contributed by atoms with Crippen molar-refractivity contribution in [2.75, 3.05) is 44.7 Å². The molecule has 8 heteroatoms. The van der Waals surface area contributed by atoms with E-state index in [2.05, 4.69) is 48.9 Å². The fourth-order valence-corrected chi connectivity index (χ4v) is 3.87. The summed E-state index contributed by atoms with van der Waals surface area (Å²) in [5.41, 5.74) is 1.24. The number of aryl methyl sites for hydroxylation is 1. The summed E-state index contributed by atoms with van der Waals surface area (Å²) in [7, 11) is 1.70. The summed E-state index contributed by atoms with van der Waals surface area (Å²) in [4.78, 5) is 9.60. The minimum absolute atomic E-state index is 0.577. The SMILES string of the molecule is CCNC(=NCc1nnc2n1CCC2)N1CCN(c2ccc(OC)cc2)CC1. The maximum atomic E-state index is 5.26. The van der Waals surface area contributed by atoms with Crippen LogP contribution in [0.4, 0.5) is 5.69 Å². The van der Waals surface area contributed by atoms with Crippen molar-refractivity contribution in [1.82, 2.24) is 25.0 Å². The van der Waals surface area contributed by atoms with Crippen LogP contribution in [0.1, 0.15) is 25.0 Å². The molecule has 0 unspecified atom stereocenters. The number of benzene rings is 1. The van der Waals surface area contributed by atoms with Crippen LogP contribution in [0.2, 0.25) is 0 Å². The average molecular weight is 384 g/mol. The fraction of sp³-hybridized carbons (Fsp3) is 0.550. The molecule has 0 amide bonds. The van der Waals surface area contributed by atoms with E-state index in [0.717, 1.165) is 75.5 Å². The van der Waals surface area contributed by atoms with Gasteiger partial charge in [-0.25, -0.2) is 4.99 Å². The van der Waals surface area contributed by atoms with Crippen molar-refractivity contribution in [2.24, 2.45) is 4.99 Å². The lowest BCUT2D eigenvalue weighted by atomic mass is 10.2. The molecule has 2 aliphatic heterocycles. The monoisotopic (exact) mass is 383 g/mol. The van der Waals surface area contributed by atoms with Crippen molar-refractivity contribution in [1.29, 1.82) is 0 Å². The number of ether oxygens (including phenoxy) is 1. The molecule has 0 radical (unpaired) electrons. The van der Waals surface area contributed by atoms with Gasteiger partial charge in [0.25, 0.3) is 0 Å². The lowest BCUT2D eigenvalue weighted by molar-refractivity contribution is 0.372. The van der Waals surface area contributed by atoms with Gasteiger partial charge in [-0.15, -0.1) is 10.2 Å². The van der Waals surface area contributed by atoms with Crippen LogP contribution in [0.15, 0.2) is 29.3 Å². The molecular formula is C20H29N7O. The van der Waals surface area contributed by atoms with Crippen molar-refractivity contribution < 1.29 is 4.74 Å². The second kappa shape index (κ2) is 8.50. The molecule has 28 heavy (non-hydrogen) atoms. The molecule has 1 saturated heterocycles. The molecule has 2 aliphatic rings. The Kier molecular flexibility index (Phi) is 5.64. The molecule has 150 valence electrons. The number of nitrogens with zero attached hydrogens (tertiary/aromatic N) is 6. The minimum Gasteiger partial charge on any atom is -0.497 e. The highest BCUT2D eigenvalue weighted by Crippen LogP contribution is 2.20. The highest BCUT2D eigenvalue weighted by atomic mass is 16.5. The second-order valence-electron chi connectivity index (χ2n) is 7.13. The van der Waals surface area contributed by atoms with Gasteiger partial charge in [0, 0.05) is 51.4 Å². The number of anilines is 1. The number of guanidine groups is 1. The molecule has 8 nitrogen and oxygen atoms in total. The quantitative estimate of drug-likeness (QED) is 0.624. The molecule has 1 N–H and O–H groups in total. The molecule has 4 rings (SSSR count). The Labute approximate surface area is 166 Å². The van der Waals surface area contributed by atoms with E-state index >= 15 is 0 Å². The summed E-state index contributed by atoms with van der Waals surface area (Å²) in [6.45, 7) is 8.38. The number of piperazine rings is 1. The van der Waals surface area contributed by atoms with E-state index in [1.54, 1.807) is 7.11 Å². The lowest BCUT2D eigenvalue weighted by Crippen LogP contribution is -2.52. The molecule has 2 aromatic rings. The lowest BCUT2D eigenvalue weighted by Gasteiger charge is -2.37. The minimum atomic E-state index is 0.577. The van der Waals surface area contributed by atoms with Crippen molar-refractivity contribution >= 4 is 11.6 Å². The number of aliphatic imine (C=N–C) groups is 1. The van der Waals surface area contributed by atoms with E-state index < -0.39 is 0 Å². The first kappa shape index (κ1) is 18.6. The summed E-state index contributed by atoms with van der Waals surface area (Å²) in [6.07, 6.45) is 2.19. The summed E-state index contributed by atoms with van der Waals surface area (Å²) < 4.78 is 7.47. The molecule has 1 fully saturated rings. The molecule has 0 bridgehead atoms. The number of aromatic nitrogens is 3. The molecule has 0 atom stereocenters. The standard InChI is InChI=1S/C20H29N7O/c1-3-21-20(22-15-19-24-23-18-5-4-10-27(18)19)26-13-11-25(12-14-26)16-6-8-17(28-2)9-7-16/h6-9H,3-5,10-15H2,1-2H3,(H,21,22). The van der Waals surface area contributed by atoms with Gasteiger partial charge in [-0.05, 0) is 37.6 Å². The Balaban J connectivity index is 1.38. The van der Waals surface area contributed by atoms with E-state index in [4.69, 9.17) is 9.73 Å². The van der Waals surface area contributed by atoms with Gasteiger partial charge in [0.15, 0.2) is 11.8 Å².